The fraction of sp³-hybridized carbons (Fsp3) is 0.0526. The molecular weight excluding hydrogens is 270 g/mol. The van der Waals surface area contributed by atoms with E-state index in [1.54, 1.807) is 0 Å². The van der Waals surface area contributed by atoms with Crippen molar-refractivity contribution < 1.29 is 0 Å². The van der Waals surface area contributed by atoms with Crippen LogP contribution < -0.4 is 0 Å². The zero-order valence-corrected chi connectivity index (χ0v) is 12.3. The molecule has 22 heavy (non-hydrogen) atoms. The molecule has 0 unspecified atom stereocenters. The minimum atomic E-state index is 1.07. The summed E-state index contributed by atoms with van der Waals surface area (Å²) >= 11 is 0. The van der Waals surface area contributed by atoms with E-state index in [0.29, 0.717) is 0 Å². The summed E-state index contributed by atoms with van der Waals surface area (Å²) in [6, 6.07) is 18.5. The molecule has 2 aromatic heterocycles. The lowest BCUT2D eigenvalue weighted by atomic mass is 10.00. The molecule has 2 heterocycles. The van der Waals surface area contributed by atoms with Crippen LogP contribution in [0.5, 0.6) is 0 Å². The summed E-state index contributed by atoms with van der Waals surface area (Å²) in [5, 5.41) is 5.72. The quantitative estimate of drug-likeness (QED) is 0.546. The van der Waals surface area contributed by atoms with Crippen molar-refractivity contribution in [3.05, 3.63) is 78.8 Å². The van der Waals surface area contributed by atoms with Gasteiger partial charge in [-0.1, -0.05) is 30.3 Å². The number of hydrogen-bond donors (Lipinski definition) is 0. The van der Waals surface area contributed by atoms with Gasteiger partial charge in [-0.25, -0.2) is 4.68 Å². The third kappa shape index (κ3) is 1.99. The Kier molecular flexibility index (Phi) is 2.97. The van der Waals surface area contributed by atoms with Gasteiger partial charge in [-0.05, 0) is 42.3 Å². The van der Waals surface area contributed by atoms with Crippen molar-refractivity contribution in [2.24, 2.45) is 0 Å². The predicted octanol–water partition coefficient (Wildman–Crippen LogP) is 4.40. The largest absolute Gasteiger partial charge is 0.264 e. The molecule has 0 aliphatic heterocycles. The van der Waals surface area contributed by atoms with E-state index in [4.69, 9.17) is 0 Å². The maximum absolute atomic E-state index is 4.58. The fourth-order valence-electron chi connectivity index (χ4n) is 2.81. The molecule has 0 amide bonds. The van der Waals surface area contributed by atoms with E-state index in [-0.39, 0.29) is 0 Å². The van der Waals surface area contributed by atoms with E-state index in [0.717, 1.165) is 22.2 Å². The van der Waals surface area contributed by atoms with Gasteiger partial charge in [0.1, 0.15) is 0 Å². The Labute approximate surface area is 128 Å². The number of pyridine rings is 1. The summed E-state index contributed by atoms with van der Waals surface area (Å²) in [6.45, 7) is 2.11. The van der Waals surface area contributed by atoms with E-state index < -0.39 is 0 Å². The van der Waals surface area contributed by atoms with Crippen molar-refractivity contribution in [1.29, 1.82) is 0 Å². The number of aromatic nitrogens is 3. The smallest absolute Gasteiger partial charge is 0.0747 e. The van der Waals surface area contributed by atoms with Crippen molar-refractivity contribution in [2.75, 3.05) is 0 Å². The van der Waals surface area contributed by atoms with Crippen molar-refractivity contribution in [3.8, 4) is 16.8 Å². The highest BCUT2D eigenvalue weighted by molar-refractivity contribution is 5.95. The number of fused-ring (bicyclic) bond motifs is 1. The minimum absolute atomic E-state index is 1.07. The Morgan fingerprint density at radius 2 is 1.68 bits per heavy atom. The molecule has 0 aliphatic carbocycles. The van der Waals surface area contributed by atoms with Gasteiger partial charge >= 0.3 is 0 Å². The molecule has 106 valence electrons. The zero-order chi connectivity index (χ0) is 14.9. The van der Waals surface area contributed by atoms with Gasteiger partial charge < -0.3 is 0 Å². The van der Waals surface area contributed by atoms with Crippen LogP contribution in [0.4, 0.5) is 0 Å². The molecule has 0 aliphatic rings. The van der Waals surface area contributed by atoms with Crippen molar-refractivity contribution in [2.45, 2.75) is 6.92 Å². The molecule has 2 aromatic carbocycles. The number of nitrogens with zero attached hydrogens (tertiary/aromatic N) is 3. The van der Waals surface area contributed by atoms with Crippen LogP contribution in [0, 0.1) is 6.92 Å². The predicted molar refractivity (Wildman–Crippen MR) is 89.0 cm³/mol. The molecule has 3 nitrogen and oxygen atoms in total. The van der Waals surface area contributed by atoms with Crippen LogP contribution in [0.3, 0.4) is 0 Å². The topological polar surface area (TPSA) is 30.7 Å². The molecule has 0 saturated heterocycles. The number of hydrogen-bond acceptors (Lipinski definition) is 2. The third-order valence-corrected chi connectivity index (χ3v) is 3.94. The second-order valence-corrected chi connectivity index (χ2v) is 5.32. The number of para-hydroxylation sites is 1. The first kappa shape index (κ1) is 12.8. The average molecular weight is 285 g/mol. The van der Waals surface area contributed by atoms with Gasteiger partial charge in [0.05, 0.1) is 17.4 Å². The van der Waals surface area contributed by atoms with Crippen molar-refractivity contribution >= 4 is 10.9 Å². The molecular formula is C19H15N3. The van der Waals surface area contributed by atoms with E-state index in [9.17, 15) is 0 Å². The maximum atomic E-state index is 4.58. The zero-order valence-electron chi connectivity index (χ0n) is 12.3. The highest BCUT2D eigenvalue weighted by Crippen LogP contribution is 2.31. The summed E-state index contributed by atoms with van der Waals surface area (Å²) < 4.78 is 1.98. The monoisotopic (exact) mass is 285 g/mol. The third-order valence-electron chi connectivity index (χ3n) is 3.94. The summed E-state index contributed by atoms with van der Waals surface area (Å²) in [6.07, 6.45) is 5.68. The van der Waals surface area contributed by atoms with Crippen molar-refractivity contribution in [1.82, 2.24) is 14.8 Å². The van der Waals surface area contributed by atoms with Gasteiger partial charge in [-0.3, -0.25) is 4.98 Å². The Morgan fingerprint density at radius 3 is 2.50 bits per heavy atom. The SMILES string of the molecule is Cc1ccncc1-c1cccc2c1cnn2-c1ccccc1. The summed E-state index contributed by atoms with van der Waals surface area (Å²) in [7, 11) is 0. The lowest BCUT2D eigenvalue weighted by Crippen LogP contribution is -1.95. The standard InChI is InChI=1S/C19H15N3/c1-14-10-11-20-12-17(14)16-8-5-9-19-18(16)13-21-22(19)15-6-3-2-4-7-15/h2-13H,1H3. The van der Waals surface area contributed by atoms with Gasteiger partial charge in [0.2, 0.25) is 0 Å². The number of aryl methyl sites for hydroxylation is 1. The van der Waals surface area contributed by atoms with Crippen LogP contribution in [0.25, 0.3) is 27.7 Å². The molecule has 0 N–H and O–H groups in total. The van der Waals surface area contributed by atoms with E-state index in [1.165, 1.54) is 11.1 Å². The molecule has 0 spiro atoms. The molecule has 0 fully saturated rings. The normalized spacial score (nSPS) is 11.0. The van der Waals surface area contributed by atoms with Gasteiger partial charge in [-0.2, -0.15) is 5.10 Å². The summed E-state index contributed by atoms with van der Waals surface area (Å²) in [5.41, 5.74) is 5.71. The fourth-order valence-corrected chi connectivity index (χ4v) is 2.81. The van der Waals surface area contributed by atoms with E-state index >= 15 is 0 Å². The van der Waals surface area contributed by atoms with Gasteiger partial charge in [0, 0.05) is 23.3 Å². The average Bonchev–Trinajstić information content (AvgIpc) is 3.00. The maximum Gasteiger partial charge on any atom is 0.0747 e. The van der Waals surface area contributed by atoms with Crippen LogP contribution in [0.2, 0.25) is 0 Å². The lowest BCUT2D eigenvalue weighted by Gasteiger charge is -2.07. The lowest BCUT2D eigenvalue weighted by molar-refractivity contribution is 0.911. The van der Waals surface area contributed by atoms with Crippen LogP contribution in [0.1, 0.15) is 5.56 Å². The first-order valence-corrected chi connectivity index (χ1v) is 7.28. The van der Waals surface area contributed by atoms with E-state index in [2.05, 4.69) is 47.3 Å². The van der Waals surface area contributed by atoms with Gasteiger partial charge in [0.25, 0.3) is 0 Å². The molecule has 0 atom stereocenters. The number of rotatable bonds is 2. The second-order valence-electron chi connectivity index (χ2n) is 5.32. The van der Waals surface area contributed by atoms with E-state index in [1.807, 2.05) is 47.5 Å². The van der Waals surface area contributed by atoms with Crippen LogP contribution >= 0.6 is 0 Å². The summed E-state index contributed by atoms with van der Waals surface area (Å²) in [5.74, 6) is 0. The highest BCUT2D eigenvalue weighted by Gasteiger charge is 2.11. The Balaban J connectivity index is 1.97. The highest BCUT2D eigenvalue weighted by atomic mass is 15.3. The van der Waals surface area contributed by atoms with Gasteiger partial charge in [0.15, 0.2) is 0 Å². The Morgan fingerprint density at radius 1 is 0.818 bits per heavy atom. The van der Waals surface area contributed by atoms with Crippen LogP contribution in [0.15, 0.2) is 73.2 Å². The second kappa shape index (κ2) is 5.11. The summed E-state index contributed by atoms with van der Waals surface area (Å²) in [4.78, 5) is 4.27. The molecule has 4 aromatic rings. The molecule has 0 saturated carbocycles. The van der Waals surface area contributed by atoms with Gasteiger partial charge in [-0.15, -0.1) is 0 Å². The first-order chi connectivity index (χ1) is 10.8. The van der Waals surface area contributed by atoms with Crippen LogP contribution in [-0.4, -0.2) is 14.8 Å². The van der Waals surface area contributed by atoms with Crippen molar-refractivity contribution in [3.63, 3.8) is 0 Å². The van der Waals surface area contributed by atoms with Crippen LogP contribution in [-0.2, 0) is 0 Å². The molecule has 4 rings (SSSR count). The molecule has 0 radical (unpaired) electrons. The Bertz CT molecular complexity index is 939. The molecule has 3 heteroatoms. The molecule has 0 bridgehead atoms. The first-order valence-electron chi connectivity index (χ1n) is 7.28. The Hall–Kier alpha value is -2.94. The number of benzene rings is 2. The minimum Gasteiger partial charge on any atom is -0.264 e.